The van der Waals surface area contributed by atoms with E-state index in [1.54, 1.807) is 6.07 Å². The van der Waals surface area contributed by atoms with Gasteiger partial charge in [-0.3, -0.25) is 9.89 Å². The molecule has 0 aliphatic heterocycles. The van der Waals surface area contributed by atoms with Gasteiger partial charge >= 0.3 is 0 Å². The molecule has 0 unspecified atom stereocenters. The summed E-state index contributed by atoms with van der Waals surface area (Å²) in [6.07, 6.45) is 0. The van der Waals surface area contributed by atoms with Gasteiger partial charge in [0.05, 0.1) is 5.56 Å². The third kappa shape index (κ3) is 2.46. The lowest BCUT2D eigenvalue weighted by atomic mass is 10.1. The Kier molecular flexibility index (Phi) is 3.52. The van der Waals surface area contributed by atoms with E-state index < -0.39 is 0 Å². The van der Waals surface area contributed by atoms with Crippen LogP contribution in [0.25, 0.3) is 0 Å². The maximum absolute atomic E-state index is 12.1. The number of amides is 1. The molecule has 0 spiro atoms. The number of hydrogen-bond donors (Lipinski definition) is 2. The number of rotatable bonds is 2. The topological polar surface area (TPSA) is 57.8 Å². The molecule has 94 valence electrons. The molecule has 4 nitrogen and oxygen atoms in total. The van der Waals surface area contributed by atoms with Crippen LogP contribution in [-0.4, -0.2) is 16.1 Å². The summed E-state index contributed by atoms with van der Waals surface area (Å²) in [6.45, 7) is 5.81. The van der Waals surface area contributed by atoms with Gasteiger partial charge < -0.3 is 5.32 Å². The van der Waals surface area contributed by atoms with Crippen molar-refractivity contribution in [3.63, 3.8) is 0 Å². The van der Waals surface area contributed by atoms with Gasteiger partial charge in [-0.25, -0.2) is 0 Å². The number of aryl methyl sites for hydroxylation is 2. The molecule has 0 atom stereocenters. The van der Waals surface area contributed by atoms with Crippen molar-refractivity contribution in [2.24, 2.45) is 0 Å². The zero-order valence-electron chi connectivity index (χ0n) is 10.5. The van der Waals surface area contributed by atoms with Crippen LogP contribution in [0.3, 0.4) is 0 Å². The highest BCUT2D eigenvalue weighted by Gasteiger charge is 2.13. The number of benzene rings is 1. The molecular formula is C13H14BrN3O. The van der Waals surface area contributed by atoms with Crippen LogP contribution in [0.1, 0.15) is 27.2 Å². The molecule has 2 N–H and O–H groups in total. The van der Waals surface area contributed by atoms with Crippen molar-refractivity contribution in [1.82, 2.24) is 10.2 Å². The third-order valence-electron chi connectivity index (χ3n) is 2.85. The first-order chi connectivity index (χ1) is 8.49. The Labute approximate surface area is 114 Å². The molecule has 0 saturated carbocycles. The number of carbonyl (C=O) groups is 1. The molecular weight excluding hydrogens is 294 g/mol. The summed E-state index contributed by atoms with van der Waals surface area (Å²) >= 11 is 3.40. The largest absolute Gasteiger partial charge is 0.305 e. The van der Waals surface area contributed by atoms with Crippen molar-refractivity contribution in [1.29, 1.82) is 0 Å². The van der Waals surface area contributed by atoms with Crippen molar-refractivity contribution < 1.29 is 4.79 Å². The fourth-order valence-electron chi connectivity index (χ4n) is 1.59. The van der Waals surface area contributed by atoms with Crippen LogP contribution in [0.4, 0.5) is 5.82 Å². The van der Waals surface area contributed by atoms with E-state index in [4.69, 9.17) is 0 Å². The Morgan fingerprint density at radius 2 is 2.06 bits per heavy atom. The van der Waals surface area contributed by atoms with Crippen LogP contribution < -0.4 is 5.32 Å². The van der Waals surface area contributed by atoms with E-state index >= 15 is 0 Å². The first-order valence-corrected chi connectivity index (χ1v) is 6.37. The second-order valence-electron chi connectivity index (χ2n) is 4.26. The zero-order valence-corrected chi connectivity index (χ0v) is 12.1. The minimum absolute atomic E-state index is 0.170. The Bertz CT molecular complexity index is 604. The van der Waals surface area contributed by atoms with E-state index in [1.807, 2.05) is 32.9 Å². The lowest BCUT2D eigenvalue weighted by Gasteiger charge is -2.06. The second-order valence-corrected chi connectivity index (χ2v) is 5.11. The second kappa shape index (κ2) is 4.94. The lowest BCUT2D eigenvalue weighted by molar-refractivity contribution is 0.102. The zero-order chi connectivity index (χ0) is 13.3. The molecule has 0 aliphatic rings. The minimum Gasteiger partial charge on any atom is -0.305 e. The summed E-state index contributed by atoms with van der Waals surface area (Å²) in [5.41, 5.74) is 3.60. The van der Waals surface area contributed by atoms with Crippen LogP contribution in [0.15, 0.2) is 22.7 Å². The van der Waals surface area contributed by atoms with E-state index in [0.717, 1.165) is 21.3 Å². The number of hydrogen-bond acceptors (Lipinski definition) is 2. The molecule has 0 radical (unpaired) electrons. The van der Waals surface area contributed by atoms with E-state index in [0.29, 0.717) is 11.4 Å². The van der Waals surface area contributed by atoms with Gasteiger partial charge in [0.25, 0.3) is 5.91 Å². The molecule has 0 bridgehead atoms. The van der Waals surface area contributed by atoms with Crippen LogP contribution in [-0.2, 0) is 0 Å². The fourth-order valence-corrected chi connectivity index (χ4v) is 2.26. The summed E-state index contributed by atoms with van der Waals surface area (Å²) in [5, 5.41) is 9.69. The standard InChI is InChI=1S/C13H14BrN3O/c1-7-4-5-10(11(14)6-7)13(18)15-12-8(2)9(3)16-17-12/h4-6H,1-3H3,(H2,15,16,17,18). The number of nitrogens with one attached hydrogen (secondary N) is 2. The summed E-state index contributed by atoms with van der Waals surface area (Å²) in [5.74, 6) is 0.404. The molecule has 2 aromatic rings. The molecule has 1 aromatic carbocycles. The molecule has 1 amide bonds. The summed E-state index contributed by atoms with van der Waals surface area (Å²) in [7, 11) is 0. The number of anilines is 1. The smallest absolute Gasteiger partial charge is 0.258 e. The molecule has 18 heavy (non-hydrogen) atoms. The Morgan fingerprint density at radius 3 is 2.61 bits per heavy atom. The normalized spacial score (nSPS) is 10.4. The number of carbonyl (C=O) groups excluding carboxylic acids is 1. The van der Waals surface area contributed by atoms with Gasteiger partial charge in [-0.1, -0.05) is 6.07 Å². The van der Waals surface area contributed by atoms with Crippen molar-refractivity contribution >= 4 is 27.7 Å². The SMILES string of the molecule is Cc1ccc(C(=O)Nc2n[nH]c(C)c2C)c(Br)c1. The van der Waals surface area contributed by atoms with E-state index in [2.05, 4.69) is 31.4 Å². The van der Waals surface area contributed by atoms with Crippen LogP contribution in [0.5, 0.6) is 0 Å². The highest BCUT2D eigenvalue weighted by Crippen LogP contribution is 2.21. The van der Waals surface area contributed by atoms with Crippen molar-refractivity contribution in [3.8, 4) is 0 Å². The van der Waals surface area contributed by atoms with E-state index in [9.17, 15) is 4.79 Å². The lowest BCUT2D eigenvalue weighted by Crippen LogP contribution is -2.13. The van der Waals surface area contributed by atoms with Crippen LogP contribution in [0.2, 0.25) is 0 Å². The number of H-pyrrole nitrogens is 1. The number of aromatic amines is 1. The third-order valence-corrected chi connectivity index (χ3v) is 3.51. The summed E-state index contributed by atoms with van der Waals surface area (Å²) in [4.78, 5) is 12.1. The molecule has 0 aliphatic carbocycles. The molecule has 1 aromatic heterocycles. The summed E-state index contributed by atoms with van der Waals surface area (Å²) < 4.78 is 0.782. The molecule has 2 rings (SSSR count). The highest BCUT2D eigenvalue weighted by molar-refractivity contribution is 9.10. The molecule has 5 heteroatoms. The fraction of sp³-hybridized carbons (Fsp3) is 0.231. The van der Waals surface area contributed by atoms with Gasteiger partial charge in [-0.2, -0.15) is 5.10 Å². The van der Waals surface area contributed by atoms with Crippen LogP contribution >= 0.6 is 15.9 Å². The first kappa shape index (κ1) is 12.8. The van der Waals surface area contributed by atoms with Gasteiger partial charge in [0.1, 0.15) is 0 Å². The highest BCUT2D eigenvalue weighted by atomic mass is 79.9. The van der Waals surface area contributed by atoms with E-state index in [1.165, 1.54) is 0 Å². The number of aromatic nitrogens is 2. The Balaban J connectivity index is 2.25. The van der Waals surface area contributed by atoms with Gasteiger partial charge in [-0.15, -0.1) is 0 Å². The number of nitrogens with zero attached hydrogens (tertiary/aromatic N) is 1. The van der Waals surface area contributed by atoms with Crippen molar-refractivity contribution in [3.05, 3.63) is 45.1 Å². The quantitative estimate of drug-likeness (QED) is 0.894. The van der Waals surface area contributed by atoms with Gasteiger partial charge in [0, 0.05) is 15.7 Å². The molecule has 0 fully saturated rings. The average molecular weight is 308 g/mol. The molecule has 0 saturated heterocycles. The van der Waals surface area contributed by atoms with Gasteiger partial charge in [0.15, 0.2) is 5.82 Å². The van der Waals surface area contributed by atoms with Gasteiger partial charge in [-0.05, 0) is 54.4 Å². The predicted molar refractivity (Wildman–Crippen MR) is 74.9 cm³/mol. The Morgan fingerprint density at radius 1 is 1.33 bits per heavy atom. The predicted octanol–water partition coefficient (Wildman–Crippen LogP) is 3.35. The van der Waals surface area contributed by atoms with Crippen molar-refractivity contribution in [2.45, 2.75) is 20.8 Å². The summed E-state index contributed by atoms with van der Waals surface area (Å²) in [6, 6.07) is 5.61. The maximum atomic E-state index is 12.1. The Hall–Kier alpha value is -1.62. The van der Waals surface area contributed by atoms with E-state index in [-0.39, 0.29) is 5.91 Å². The number of halogens is 1. The van der Waals surface area contributed by atoms with Crippen LogP contribution in [0, 0.1) is 20.8 Å². The van der Waals surface area contributed by atoms with Gasteiger partial charge in [0.2, 0.25) is 0 Å². The monoisotopic (exact) mass is 307 g/mol. The average Bonchev–Trinajstić information content (AvgIpc) is 2.61. The molecule has 1 heterocycles. The minimum atomic E-state index is -0.170. The van der Waals surface area contributed by atoms with Crippen molar-refractivity contribution in [2.75, 3.05) is 5.32 Å². The first-order valence-electron chi connectivity index (χ1n) is 5.58. The maximum Gasteiger partial charge on any atom is 0.258 e.